The summed E-state index contributed by atoms with van der Waals surface area (Å²) in [5.41, 5.74) is 12.8. The van der Waals surface area contributed by atoms with Crippen LogP contribution in [0.15, 0.2) is 40.4 Å². The molecule has 0 aromatic heterocycles. The van der Waals surface area contributed by atoms with E-state index in [9.17, 15) is 30.0 Å². The largest absolute Gasteiger partial charge is 0.507 e. The molecular formula is C23H26ClN3O6. The van der Waals surface area contributed by atoms with E-state index in [0.29, 0.717) is 6.42 Å². The predicted octanol–water partition coefficient (Wildman–Crippen LogP) is 1.90. The molecule has 33 heavy (non-hydrogen) atoms. The number of rotatable bonds is 2. The highest BCUT2D eigenvalue weighted by molar-refractivity contribution is 6.22. The molecule has 5 rings (SSSR count). The normalized spacial score (nSPS) is 26.6. The van der Waals surface area contributed by atoms with Gasteiger partial charge in [-0.1, -0.05) is 0 Å². The third-order valence-corrected chi connectivity index (χ3v) is 7.20. The number of benzene rings is 1. The third-order valence-electron chi connectivity index (χ3n) is 7.20. The van der Waals surface area contributed by atoms with Crippen LogP contribution in [0.3, 0.4) is 0 Å². The Morgan fingerprint density at radius 1 is 1.00 bits per heavy atom. The van der Waals surface area contributed by atoms with Gasteiger partial charge >= 0.3 is 0 Å². The van der Waals surface area contributed by atoms with Crippen LogP contribution in [0.4, 0.5) is 5.69 Å². The van der Waals surface area contributed by atoms with Crippen LogP contribution in [0.5, 0.6) is 5.75 Å². The van der Waals surface area contributed by atoms with Crippen molar-refractivity contribution in [1.82, 2.24) is 0 Å². The number of allylic oxidation sites excluding steroid dienone is 2. The van der Waals surface area contributed by atoms with Crippen molar-refractivity contribution in [3.05, 3.63) is 51.5 Å². The summed E-state index contributed by atoms with van der Waals surface area (Å²) in [4.78, 5) is 26.5. The highest BCUT2D eigenvalue weighted by Gasteiger charge is 2.49. The Morgan fingerprint density at radius 2 is 1.67 bits per heavy atom. The van der Waals surface area contributed by atoms with Gasteiger partial charge in [0.05, 0.1) is 11.6 Å². The molecular weight excluding hydrogens is 450 g/mol. The second kappa shape index (κ2) is 8.00. The number of fused-ring (bicyclic) bond motifs is 3. The molecule has 0 saturated carbocycles. The number of hydrogen-bond donors (Lipinski definition) is 6. The summed E-state index contributed by atoms with van der Waals surface area (Å²) in [6.07, 6.45) is 2.81. The number of amides is 1. The van der Waals surface area contributed by atoms with Crippen molar-refractivity contribution in [3.63, 3.8) is 0 Å². The van der Waals surface area contributed by atoms with E-state index in [4.69, 9.17) is 11.5 Å². The van der Waals surface area contributed by atoms with Crippen molar-refractivity contribution in [3.8, 4) is 5.75 Å². The summed E-state index contributed by atoms with van der Waals surface area (Å²) >= 11 is 0. The number of primary amides is 1. The Labute approximate surface area is 196 Å². The van der Waals surface area contributed by atoms with Crippen molar-refractivity contribution >= 4 is 35.5 Å². The van der Waals surface area contributed by atoms with Gasteiger partial charge in [0, 0.05) is 35.8 Å². The lowest BCUT2D eigenvalue weighted by molar-refractivity contribution is -0.123. The minimum atomic E-state index is -1.15. The quantitative estimate of drug-likeness (QED) is 0.352. The number of ketones is 1. The number of hydrogen-bond acceptors (Lipinski definition) is 8. The van der Waals surface area contributed by atoms with Gasteiger partial charge in [0.15, 0.2) is 5.78 Å². The number of Topliss-reactive ketones (excluding diaryl/α,β-unsaturated/α-hetero) is 1. The highest BCUT2D eigenvalue weighted by atomic mass is 35.5. The van der Waals surface area contributed by atoms with E-state index in [2.05, 4.69) is 4.90 Å². The molecule has 176 valence electrons. The number of anilines is 1. The molecule has 1 heterocycles. The minimum absolute atomic E-state index is 0. The molecule has 1 aliphatic heterocycles. The maximum Gasteiger partial charge on any atom is 0.256 e. The standard InChI is InChI=1S/C23H25N3O6.ClH/c24-18-11-8-9-7-10-12(26-5-1-2-6-26)3-4-13(27)15(10)19(28)14(9)20(29)16(11)21(30)17(22(18)31)23(25)32;/h3-4,9,11,18,27-30H,1-2,5-8,24H2,(H2,25,32);1H/t9-,11+,18+;/m0./s1. The van der Waals surface area contributed by atoms with Crippen LogP contribution in [0, 0.1) is 11.8 Å². The Bertz CT molecular complexity index is 1160. The number of phenols is 1. The van der Waals surface area contributed by atoms with Crippen molar-refractivity contribution < 1.29 is 30.0 Å². The average Bonchev–Trinajstić information content (AvgIpc) is 3.26. The molecule has 1 saturated heterocycles. The lowest BCUT2D eigenvalue weighted by atomic mass is 9.65. The SMILES string of the molecule is Cl.NC(=O)C1=C(O)C2=C(O)C3=C(O)c4c(O)ccc(N5CCCC5)c4C[C@H]3C[C@H]2[C@@H](N)C1=O. The molecule has 4 aliphatic rings. The van der Waals surface area contributed by atoms with Crippen molar-refractivity contribution in [2.75, 3.05) is 18.0 Å². The van der Waals surface area contributed by atoms with Gasteiger partial charge in [-0.3, -0.25) is 9.59 Å². The minimum Gasteiger partial charge on any atom is -0.507 e. The summed E-state index contributed by atoms with van der Waals surface area (Å²) in [7, 11) is 0. The van der Waals surface area contributed by atoms with Crippen LogP contribution in [-0.2, 0) is 16.0 Å². The van der Waals surface area contributed by atoms with Crippen molar-refractivity contribution in [2.45, 2.75) is 31.7 Å². The molecule has 3 aliphatic carbocycles. The number of halogens is 1. The van der Waals surface area contributed by atoms with Crippen molar-refractivity contribution in [2.24, 2.45) is 23.3 Å². The first-order valence-electron chi connectivity index (χ1n) is 10.7. The molecule has 1 amide bonds. The van der Waals surface area contributed by atoms with E-state index < -0.39 is 40.7 Å². The van der Waals surface area contributed by atoms with E-state index in [-0.39, 0.29) is 53.0 Å². The zero-order chi connectivity index (χ0) is 22.9. The number of aliphatic hydroxyl groups is 3. The summed E-state index contributed by atoms with van der Waals surface area (Å²) in [5, 5.41) is 43.4. The zero-order valence-electron chi connectivity index (χ0n) is 17.7. The number of phenolic OH excluding ortho intramolecular Hbond substituents is 1. The number of aromatic hydroxyl groups is 1. The molecule has 3 atom stereocenters. The highest BCUT2D eigenvalue weighted by Crippen LogP contribution is 2.52. The Morgan fingerprint density at radius 3 is 2.30 bits per heavy atom. The van der Waals surface area contributed by atoms with Crippen molar-refractivity contribution in [1.29, 1.82) is 0 Å². The molecule has 1 aromatic rings. The molecule has 1 fully saturated rings. The lowest BCUT2D eigenvalue weighted by Gasteiger charge is -2.41. The van der Waals surface area contributed by atoms with Gasteiger partial charge in [0.25, 0.3) is 5.91 Å². The van der Waals surface area contributed by atoms with E-state index in [1.54, 1.807) is 0 Å². The molecule has 0 bridgehead atoms. The lowest BCUT2D eigenvalue weighted by Crippen LogP contribution is -2.49. The predicted molar refractivity (Wildman–Crippen MR) is 123 cm³/mol. The summed E-state index contributed by atoms with van der Waals surface area (Å²) in [5.74, 6) is -4.55. The van der Waals surface area contributed by atoms with Crippen LogP contribution in [0.25, 0.3) is 5.76 Å². The summed E-state index contributed by atoms with van der Waals surface area (Å²) in [6, 6.07) is 2.21. The maximum absolute atomic E-state index is 12.6. The molecule has 9 nitrogen and oxygen atoms in total. The molecule has 0 radical (unpaired) electrons. The monoisotopic (exact) mass is 475 g/mol. The fourth-order valence-electron chi connectivity index (χ4n) is 5.73. The summed E-state index contributed by atoms with van der Waals surface area (Å²) in [6.45, 7) is 1.76. The molecule has 0 unspecified atom stereocenters. The topological polar surface area (TPSA) is 170 Å². The second-order valence-electron chi connectivity index (χ2n) is 8.90. The first-order valence-corrected chi connectivity index (χ1v) is 10.7. The smallest absolute Gasteiger partial charge is 0.256 e. The Balaban J connectivity index is 0.00000259. The van der Waals surface area contributed by atoms with Gasteiger partial charge < -0.3 is 36.8 Å². The van der Waals surface area contributed by atoms with Gasteiger partial charge in [0.1, 0.15) is 28.6 Å². The molecule has 1 aromatic carbocycles. The number of nitrogens with zero attached hydrogens (tertiary/aromatic N) is 1. The van der Waals surface area contributed by atoms with E-state index in [0.717, 1.165) is 37.2 Å². The second-order valence-corrected chi connectivity index (χ2v) is 8.90. The average molecular weight is 476 g/mol. The fraction of sp³-hybridized carbons (Fsp3) is 0.391. The molecule has 0 spiro atoms. The van der Waals surface area contributed by atoms with Gasteiger partial charge in [-0.05, 0) is 49.3 Å². The van der Waals surface area contributed by atoms with Crippen LogP contribution in [0.1, 0.15) is 30.4 Å². The van der Waals surface area contributed by atoms with E-state index in [1.165, 1.54) is 6.07 Å². The van der Waals surface area contributed by atoms with Crippen LogP contribution in [0.2, 0.25) is 0 Å². The molecule has 10 heteroatoms. The first-order chi connectivity index (χ1) is 15.2. The fourth-order valence-corrected chi connectivity index (χ4v) is 5.73. The number of carbonyl (C=O) groups is 2. The number of aliphatic hydroxyl groups excluding tert-OH is 3. The van der Waals surface area contributed by atoms with Crippen LogP contribution >= 0.6 is 12.4 Å². The molecule has 8 N–H and O–H groups in total. The van der Waals surface area contributed by atoms with Gasteiger partial charge in [-0.15, -0.1) is 12.4 Å². The Kier molecular flexibility index (Phi) is 5.58. The third kappa shape index (κ3) is 3.18. The van der Waals surface area contributed by atoms with Gasteiger partial charge in [-0.2, -0.15) is 0 Å². The van der Waals surface area contributed by atoms with E-state index >= 15 is 0 Å². The van der Waals surface area contributed by atoms with Crippen LogP contribution in [-0.4, -0.2) is 51.2 Å². The van der Waals surface area contributed by atoms with E-state index in [1.807, 2.05) is 6.07 Å². The zero-order valence-corrected chi connectivity index (χ0v) is 18.6. The number of carbonyl (C=O) groups excluding carboxylic acids is 2. The maximum atomic E-state index is 12.6. The van der Waals surface area contributed by atoms with Gasteiger partial charge in [0.2, 0.25) is 0 Å². The van der Waals surface area contributed by atoms with Crippen LogP contribution < -0.4 is 16.4 Å². The Hall–Kier alpha value is -3.17. The summed E-state index contributed by atoms with van der Waals surface area (Å²) < 4.78 is 0. The first kappa shape index (κ1) is 23.0. The van der Waals surface area contributed by atoms with Gasteiger partial charge in [-0.25, -0.2) is 0 Å². The number of nitrogens with two attached hydrogens (primary N) is 2.